The first-order chi connectivity index (χ1) is 17.2. The molecule has 36 heavy (non-hydrogen) atoms. The molecule has 3 N–H and O–H groups in total. The zero-order valence-corrected chi connectivity index (χ0v) is 20.4. The van der Waals surface area contributed by atoms with Crippen molar-refractivity contribution in [2.75, 3.05) is 24.2 Å². The zero-order chi connectivity index (χ0) is 25.6. The van der Waals surface area contributed by atoms with Crippen LogP contribution in [-0.2, 0) is 17.1 Å². The van der Waals surface area contributed by atoms with Gasteiger partial charge in [0, 0.05) is 38.1 Å². The predicted octanol–water partition coefficient (Wildman–Crippen LogP) is 2.01. The zero-order valence-electron chi connectivity index (χ0n) is 19.6. The third-order valence-corrected chi connectivity index (χ3v) is 6.97. The third-order valence-electron chi connectivity index (χ3n) is 5.65. The number of sulfonamides is 1. The van der Waals surface area contributed by atoms with Crippen LogP contribution in [0.5, 0.6) is 5.75 Å². The lowest BCUT2D eigenvalue weighted by molar-refractivity contribution is 0.0945. The number of anilines is 2. The highest BCUT2D eigenvalue weighted by Gasteiger charge is 2.26. The summed E-state index contributed by atoms with van der Waals surface area (Å²) < 4.78 is 51.3. The quantitative estimate of drug-likeness (QED) is 0.324. The number of amides is 1. The Morgan fingerprint density at radius 3 is 2.64 bits per heavy atom. The fraction of sp³-hybridized carbons (Fsp3) is 0.273. The van der Waals surface area contributed by atoms with Crippen LogP contribution in [0.3, 0.4) is 0 Å². The number of imidazole rings is 1. The molecular formula is C22H23FN8O4S. The van der Waals surface area contributed by atoms with Gasteiger partial charge in [-0.1, -0.05) is 0 Å². The molecule has 0 atom stereocenters. The summed E-state index contributed by atoms with van der Waals surface area (Å²) in [5.41, 5.74) is 1.16. The minimum atomic E-state index is -4.08. The van der Waals surface area contributed by atoms with E-state index in [0.29, 0.717) is 22.7 Å². The summed E-state index contributed by atoms with van der Waals surface area (Å²) in [6.07, 6.45) is 7.34. The number of nitrogens with zero attached hydrogens (tertiary/aromatic N) is 5. The molecule has 1 fully saturated rings. The number of aryl methyl sites for hydroxylation is 1. The van der Waals surface area contributed by atoms with Crippen LogP contribution in [-0.4, -0.2) is 58.7 Å². The van der Waals surface area contributed by atoms with Gasteiger partial charge in [0.25, 0.3) is 15.9 Å². The average Bonchev–Trinajstić information content (AvgIpc) is 3.35. The number of hydrogen-bond acceptors (Lipinski definition) is 8. The number of hydrogen-bond donors (Lipinski definition) is 3. The number of carbonyl (C=O) groups is 1. The van der Waals surface area contributed by atoms with Crippen LogP contribution in [0, 0.1) is 5.82 Å². The van der Waals surface area contributed by atoms with Gasteiger partial charge in [-0.2, -0.15) is 5.10 Å². The Labute approximate surface area is 205 Å². The first kappa shape index (κ1) is 23.5. The summed E-state index contributed by atoms with van der Waals surface area (Å²) >= 11 is 0. The normalized spacial score (nSPS) is 13.6. The summed E-state index contributed by atoms with van der Waals surface area (Å²) in [6.45, 7) is 0. The van der Waals surface area contributed by atoms with Crippen molar-refractivity contribution in [3.05, 3.63) is 48.4 Å². The third kappa shape index (κ3) is 4.30. The Morgan fingerprint density at radius 1 is 1.22 bits per heavy atom. The Balaban J connectivity index is 1.61. The Morgan fingerprint density at radius 2 is 2.00 bits per heavy atom. The first-order valence-electron chi connectivity index (χ1n) is 11.0. The second-order valence-electron chi connectivity index (χ2n) is 8.30. The highest BCUT2D eigenvalue weighted by molar-refractivity contribution is 7.92. The van der Waals surface area contributed by atoms with Crippen molar-refractivity contribution in [2.24, 2.45) is 7.05 Å². The monoisotopic (exact) mass is 514 g/mol. The van der Waals surface area contributed by atoms with Crippen molar-refractivity contribution in [2.45, 2.75) is 23.8 Å². The van der Waals surface area contributed by atoms with Crippen molar-refractivity contribution < 1.29 is 22.3 Å². The molecule has 5 rings (SSSR count). The summed E-state index contributed by atoms with van der Waals surface area (Å²) in [7, 11) is 0.392. The van der Waals surface area contributed by atoms with Gasteiger partial charge in [-0.05, 0) is 25.0 Å². The Kier molecular flexibility index (Phi) is 5.74. The largest absolute Gasteiger partial charge is 0.492 e. The molecule has 4 aromatic rings. The Hall–Kier alpha value is -4.20. The number of rotatable bonds is 8. The summed E-state index contributed by atoms with van der Waals surface area (Å²) in [5.74, 6) is -1.04. The van der Waals surface area contributed by atoms with E-state index in [0.717, 1.165) is 12.8 Å². The lowest BCUT2D eigenvalue weighted by Crippen LogP contribution is -2.27. The lowest BCUT2D eigenvalue weighted by atomic mass is 10.1. The maximum absolute atomic E-state index is 15.1. The molecule has 0 spiro atoms. The fourth-order valence-corrected chi connectivity index (χ4v) is 4.77. The highest BCUT2D eigenvalue weighted by atomic mass is 32.2. The molecule has 188 valence electrons. The van der Waals surface area contributed by atoms with Gasteiger partial charge in [-0.3, -0.25) is 18.6 Å². The molecule has 1 saturated carbocycles. The molecule has 14 heteroatoms. The van der Waals surface area contributed by atoms with Crippen LogP contribution in [0.25, 0.3) is 16.9 Å². The summed E-state index contributed by atoms with van der Waals surface area (Å²) in [5, 5.41) is 9.69. The topological polar surface area (TPSA) is 145 Å². The molecule has 12 nitrogen and oxygen atoms in total. The number of carbonyl (C=O) groups excluding carboxylic acids is 1. The van der Waals surface area contributed by atoms with E-state index in [9.17, 15) is 13.2 Å². The second-order valence-corrected chi connectivity index (χ2v) is 9.99. The van der Waals surface area contributed by atoms with Crippen LogP contribution in [0.4, 0.5) is 15.9 Å². The molecule has 1 aromatic carbocycles. The smallest absolute Gasteiger partial charge is 0.271 e. The van der Waals surface area contributed by atoms with E-state index in [1.54, 1.807) is 18.5 Å². The van der Waals surface area contributed by atoms with E-state index in [4.69, 9.17) is 4.74 Å². The van der Waals surface area contributed by atoms with E-state index < -0.39 is 15.8 Å². The number of halogens is 1. The number of benzene rings is 1. The van der Waals surface area contributed by atoms with Crippen LogP contribution >= 0.6 is 0 Å². The highest BCUT2D eigenvalue weighted by Crippen LogP contribution is 2.36. The second kappa shape index (κ2) is 8.78. The van der Waals surface area contributed by atoms with Crippen molar-refractivity contribution in [3.63, 3.8) is 0 Å². The number of aromatic nitrogens is 5. The van der Waals surface area contributed by atoms with Crippen molar-refractivity contribution in [1.82, 2.24) is 29.5 Å². The van der Waals surface area contributed by atoms with Gasteiger partial charge in [0.2, 0.25) is 0 Å². The molecule has 1 aliphatic carbocycles. The maximum Gasteiger partial charge on any atom is 0.271 e. The molecule has 0 radical (unpaired) electrons. The molecule has 0 aliphatic heterocycles. The molecule has 3 aromatic heterocycles. The van der Waals surface area contributed by atoms with Gasteiger partial charge in [0.15, 0.2) is 23.0 Å². The van der Waals surface area contributed by atoms with E-state index in [1.807, 2.05) is 0 Å². The van der Waals surface area contributed by atoms with Crippen LogP contribution in [0.15, 0.2) is 41.8 Å². The van der Waals surface area contributed by atoms with Gasteiger partial charge < -0.3 is 15.4 Å². The number of nitrogens with one attached hydrogen (secondary N) is 3. The molecule has 0 unspecified atom stereocenters. The fourth-order valence-electron chi connectivity index (χ4n) is 3.73. The van der Waals surface area contributed by atoms with Gasteiger partial charge in [-0.25, -0.2) is 22.8 Å². The standard InChI is InChI=1S/C22H23FN8O4S/c1-24-20-21-25-9-18(31(21)11-17(28-20)22(32)27-13-4-5-13)12-6-15(23)19(35-3)16(7-12)29-36(33,34)14-8-26-30(2)10-14/h6-11,13,29H,4-5H2,1-3H3,(H,24,28)(H,27,32). The van der Waals surface area contributed by atoms with Crippen LogP contribution < -0.4 is 20.1 Å². The molecule has 1 aliphatic rings. The molecule has 1 amide bonds. The molecule has 0 saturated heterocycles. The van der Waals surface area contributed by atoms with E-state index in [2.05, 4.69) is 30.4 Å². The lowest BCUT2D eigenvalue weighted by Gasteiger charge is -2.14. The summed E-state index contributed by atoms with van der Waals surface area (Å²) in [6, 6.07) is 2.78. The van der Waals surface area contributed by atoms with E-state index >= 15 is 4.39 Å². The first-order valence-corrected chi connectivity index (χ1v) is 12.4. The van der Waals surface area contributed by atoms with Gasteiger partial charge >= 0.3 is 0 Å². The van der Waals surface area contributed by atoms with Crippen molar-refractivity contribution in [3.8, 4) is 17.0 Å². The van der Waals surface area contributed by atoms with E-state index in [1.165, 1.54) is 48.7 Å². The van der Waals surface area contributed by atoms with Gasteiger partial charge in [0.1, 0.15) is 10.6 Å². The summed E-state index contributed by atoms with van der Waals surface area (Å²) in [4.78, 5) is 21.3. The van der Waals surface area contributed by atoms with Crippen molar-refractivity contribution in [1.29, 1.82) is 0 Å². The molecule has 0 bridgehead atoms. The van der Waals surface area contributed by atoms with Crippen LogP contribution in [0.2, 0.25) is 0 Å². The number of ether oxygens (including phenoxy) is 1. The SMILES string of the molecule is CNc1nc(C(=O)NC2CC2)cn2c(-c3cc(F)c(OC)c(NS(=O)(=O)c4cnn(C)c4)c3)cnc12. The molecular weight excluding hydrogens is 491 g/mol. The average molecular weight is 515 g/mol. The number of methoxy groups -OCH3 is 1. The minimum absolute atomic E-state index is 0.0938. The van der Waals surface area contributed by atoms with E-state index in [-0.39, 0.29) is 34.0 Å². The van der Waals surface area contributed by atoms with Crippen molar-refractivity contribution >= 4 is 33.1 Å². The van der Waals surface area contributed by atoms with Gasteiger partial charge in [0.05, 0.1) is 30.9 Å². The minimum Gasteiger partial charge on any atom is -0.492 e. The van der Waals surface area contributed by atoms with Crippen LogP contribution in [0.1, 0.15) is 23.3 Å². The maximum atomic E-state index is 15.1. The van der Waals surface area contributed by atoms with Gasteiger partial charge in [-0.15, -0.1) is 0 Å². The Bertz CT molecular complexity index is 1590. The number of fused-ring (bicyclic) bond motifs is 1. The molecule has 3 heterocycles. The predicted molar refractivity (Wildman–Crippen MR) is 129 cm³/mol.